The molecule has 4 nitrogen and oxygen atoms in total. The van der Waals surface area contributed by atoms with Gasteiger partial charge in [-0.2, -0.15) is 4.98 Å². The van der Waals surface area contributed by atoms with Gasteiger partial charge in [0.05, 0.1) is 12.8 Å². The highest BCUT2D eigenvalue weighted by Crippen LogP contribution is 2.36. The smallest absolute Gasteiger partial charge is 0.251 e. The number of methoxy groups -OCH3 is 1. The Bertz CT molecular complexity index is 497. The predicted molar refractivity (Wildman–Crippen MR) is 55.0 cm³/mol. The number of aromatic nitrogens is 1. The molecule has 2 rings (SSSR count). The fraction of sp³-hybridized carbons (Fsp3) is 0.125. The van der Waals surface area contributed by atoms with Gasteiger partial charge in [0.15, 0.2) is 5.82 Å². The highest BCUT2D eigenvalue weighted by Gasteiger charge is 2.12. The molecule has 0 spiro atoms. The van der Waals surface area contributed by atoms with Crippen molar-refractivity contribution in [2.45, 2.75) is 0 Å². The predicted octanol–water partition coefficient (Wildman–Crippen LogP) is 1.61. The normalized spacial score (nSPS) is 10.7. The van der Waals surface area contributed by atoms with Gasteiger partial charge in [0.2, 0.25) is 0 Å². The lowest BCUT2D eigenvalue weighted by Crippen LogP contribution is -1.92. The number of anilines is 2. The molecule has 0 aliphatic heterocycles. The molecule has 0 unspecified atom stereocenters. The van der Waals surface area contributed by atoms with Gasteiger partial charge in [-0.05, 0) is 6.07 Å². The number of pyridine rings is 1. The Morgan fingerprint density at radius 2 is 2.21 bits per heavy atom. The minimum Gasteiger partial charge on any atom is -0.479 e. The Morgan fingerprint density at radius 3 is 2.86 bits per heavy atom. The van der Waals surface area contributed by atoms with Gasteiger partial charge >= 0.3 is 0 Å². The Morgan fingerprint density at radius 1 is 1.50 bits per heavy atom. The summed E-state index contributed by atoms with van der Waals surface area (Å²) in [5, 5.41) is 0.978. The number of hydrogen-bond donors (Lipinski definition) is 2. The van der Waals surface area contributed by atoms with Crippen molar-refractivity contribution < 1.29 is 9.13 Å². The fourth-order valence-electron chi connectivity index (χ4n) is 1.16. The van der Waals surface area contributed by atoms with Crippen molar-refractivity contribution in [1.82, 2.24) is 4.98 Å². The molecule has 14 heavy (non-hydrogen) atoms. The Hall–Kier alpha value is -1.56. The Balaban J connectivity index is 2.79. The molecular formula is C8H8FN3OS. The first-order valence-electron chi connectivity index (χ1n) is 3.81. The van der Waals surface area contributed by atoms with Crippen LogP contribution in [0, 0.1) is 5.82 Å². The van der Waals surface area contributed by atoms with Crippen LogP contribution in [0.2, 0.25) is 0 Å². The van der Waals surface area contributed by atoms with E-state index in [1.807, 2.05) is 0 Å². The summed E-state index contributed by atoms with van der Waals surface area (Å²) in [7, 11) is 1.36. The molecule has 0 aliphatic rings. The Kier molecular flexibility index (Phi) is 1.92. The van der Waals surface area contributed by atoms with E-state index < -0.39 is 5.82 Å². The van der Waals surface area contributed by atoms with Gasteiger partial charge in [0, 0.05) is 5.39 Å². The number of rotatable bonds is 1. The minimum absolute atomic E-state index is 0.0428. The maximum atomic E-state index is 13.2. The fourth-order valence-corrected chi connectivity index (χ4v) is 2.00. The average molecular weight is 213 g/mol. The number of hydrogen-bond acceptors (Lipinski definition) is 5. The first kappa shape index (κ1) is 9.01. The van der Waals surface area contributed by atoms with Crippen LogP contribution in [-0.4, -0.2) is 12.1 Å². The van der Waals surface area contributed by atoms with Crippen LogP contribution in [0.15, 0.2) is 6.07 Å². The van der Waals surface area contributed by atoms with E-state index in [2.05, 4.69) is 4.98 Å². The van der Waals surface area contributed by atoms with Crippen molar-refractivity contribution in [1.29, 1.82) is 0 Å². The number of ether oxygens (including phenoxy) is 1. The van der Waals surface area contributed by atoms with E-state index in [0.29, 0.717) is 20.9 Å². The van der Waals surface area contributed by atoms with Crippen LogP contribution in [-0.2, 0) is 0 Å². The van der Waals surface area contributed by atoms with Crippen LogP contribution in [0.4, 0.5) is 15.1 Å². The first-order valence-corrected chi connectivity index (χ1v) is 4.63. The van der Waals surface area contributed by atoms with Crippen LogP contribution in [0.5, 0.6) is 5.88 Å². The van der Waals surface area contributed by atoms with Crippen LogP contribution in [0.25, 0.3) is 10.2 Å². The van der Waals surface area contributed by atoms with Crippen molar-refractivity contribution in [2.24, 2.45) is 0 Å². The van der Waals surface area contributed by atoms with Gasteiger partial charge < -0.3 is 16.2 Å². The maximum Gasteiger partial charge on any atom is 0.251 e. The highest BCUT2D eigenvalue weighted by molar-refractivity contribution is 7.23. The quantitative estimate of drug-likeness (QED) is 0.754. The number of halogens is 1. The zero-order valence-corrected chi connectivity index (χ0v) is 8.19. The van der Waals surface area contributed by atoms with E-state index in [4.69, 9.17) is 16.2 Å². The zero-order valence-electron chi connectivity index (χ0n) is 7.37. The van der Waals surface area contributed by atoms with Crippen LogP contribution in [0.3, 0.4) is 0 Å². The molecule has 0 saturated heterocycles. The largest absolute Gasteiger partial charge is 0.479 e. The molecule has 0 radical (unpaired) electrons. The van der Waals surface area contributed by atoms with Crippen molar-refractivity contribution in [3.63, 3.8) is 0 Å². The second kappa shape index (κ2) is 2.98. The Labute approximate surface area is 83.3 Å². The van der Waals surface area contributed by atoms with E-state index in [0.717, 1.165) is 0 Å². The average Bonchev–Trinajstić information content (AvgIpc) is 2.43. The number of fused-ring (bicyclic) bond motifs is 1. The second-order valence-corrected chi connectivity index (χ2v) is 3.74. The lowest BCUT2D eigenvalue weighted by molar-refractivity contribution is 0.371. The van der Waals surface area contributed by atoms with Gasteiger partial charge in [-0.1, -0.05) is 11.3 Å². The molecule has 2 aromatic heterocycles. The number of thiophene rings is 1. The number of nitrogens with two attached hydrogens (primary N) is 2. The maximum absolute atomic E-state index is 13.2. The van der Waals surface area contributed by atoms with Gasteiger partial charge in [0.1, 0.15) is 9.83 Å². The topological polar surface area (TPSA) is 74.2 Å². The van der Waals surface area contributed by atoms with Crippen molar-refractivity contribution in [3.8, 4) is 5.88 Å². The summed E-state index contributed by atoms with van der Waals surface area (Å²) in [6.45, 7) is 0. The van der Waals surface area contributed by atoms with Crippen LogP contribution >= 0.6 is 11.3 Å². The van der Waals surface area contributed by atoms with E-state index in [9.17, 15) is 4.39 Å². The molecular weight excluding hydrogens is 205 g/mol. The SMILES string of the molecule is COc1nc2sc(N)c(N)c2cc1F. The molecule has 0 amide bonds. The van der Waals surface area contributed by atoms with Gasteiger partial charge in [-0.3, -0.25) is 0 Å². The molecule has 4 N–H and O–H groups in total. The van der Waals surface area contributed by atoms with E-state index >= 15 is 0 Å². The molecule has 2 heterocycles. The highest BCUT2D eigenvalue weighted by atomic mass is 32.1. The minimum atomic E-state index is -0.537. The van der Waals surface area contributed by atoms with E-state index in [-0.39, 0.29) is 5.88 Å². The summed E-state index contributed by atoms with van der Waals surface area (Å²) in [6, 6.07) is 1.28. The molecule has 74 valence electrons. The zero-order chi connectivity index (χ0) is 10.3. The second-order valence-electron chi connectivity index (χ2n) is 2.71. The van der Waals surface area contributed by atoms with Crippen LogP contribution in [0.1, 0.15) is 0 Å². The summed E-state index contributed by atoms with van der Waals surface area (Å²) in [5.74, 6) is -0.580. The molecule has 2 aromatic rings. The third-order valence-corrected chi connectivity index (χ3v) is 2.81. The first-order chi connectivity index (χ1) is 6.63. The molecule has 0 saturated carbocycles. The number of nitrogens with zero attached hydrogens (tertiary/aromatic N) is 1. The molecule has 0 fully saturated rings. The van der Waals surface area contributed by atoms with Crippen LogP contribution < -0.4 is 16.2 Å². The summed E-state index contributed by atoms with van der Waals surface area (Å²) >= 11 is 1.21. The summed E-state index contributed by atoms with van der Waals surface area (Å²) in [4.78, 5) is 4.52. The monoisotopic (exact) mass is 213 g/mol. The van der Waals surface area contributed by atoms with Gasteiger partial charge in [-0.25, -0.2) is 4.39 Å². The lowest BCUT2D eigenvalue weighted by Gasteiger charge is -1.99. The molecule has 0 aliphatic carbocycles. The third-order valence-electron chi connectivity index (χ3n) is 1.86. The van der Waals surface area contributed by atoms with Crippen molar-refractivity contribution in [3.05, 3.63) is 11.9 Å². The molecule has 6 heteroatoms. The molecule has 0 atom stereocenters. The van der Waals surface area contributed by atoms with Gasteiger partial charge in [-0.15, -0.1) is 0 Å². The summed E-state index contributed by atoms with van der Waals surface area (Å²) in [5.41, 5.74) is 11.6. The molecule has 0 bridgehead atoms. The van der Waals surface area contributed by atoms with Gasteiger partial charge in [0.25, 0.3) is 5.88 Å². The standard InChI is InChI=1S/C8H8FN3OS/c1-13-7-4(9)2-3-5(10)6(11)14-8(3)12-7/h2H,10-11H2,1H3. The molecule has 0 aromatic carbocycles. The van der Waals surface area contributed by atoms with E-state index in [1.165, 1.54) is 24.5 Å². The van der Waals surface area contributed by atoms with Crippen molar-refractivity contribution >= 4 is 32.2 Å². The van der Waals surface area contributed by atoms with E-state index in [1.54, 1.807) is 0 Å². The summed E-state index contributed by atoms with van der Waals surface area (Å²) in [6.07, 6.45) is 0. The number of nitrogen functional groups attached to an aromatic ring is 2. The lowest BCUT2D eigenvalue weighted by atomic mass is 10.3. The third kappa shape index (κ3) is 1.15. The van der Waals surface area contributed by atoms with Crippen molar-refractivity contribution in [2.75, 3.05) is 18.6 Å². The summed E-state index contributed by atoms with van der Waals surface area (Å²) < 4.78 is 18.0.